The molecule has 0 bridgehead atoms. The van der Waals surface area contributed by atoms with Gasteiger partial charge in [-0.15, -0.1) is 12.4 Å². The Labute approximate surface area is 125 Å². The van der Waals surface area contributed by atoms with Crippen LogP contribution >= 0.6 is 12.4 Å². The van der Waals surface area contributed by atoms with Crippen LogP contribution in [0.4, 0.5) is 5.69 Å². The normalized spacial score (nSPS) is 14.5. The van der Waals surface area contributed by atoms with Crippen molar-refractivity contribution in [3.8, 4) is 5.75 Å². The number of ether oxygens (including phenoxy) is 2. The summed E-state index contributed by atoms with van der Waals surface area (Å²) in [6, 6.07) is 5.73. The van der Waals surface area contributed by atoms with Crippen LogP contribution in [0.2, 0.25) is 0 Å². The monoisotopic (exact) mass is 300 g/mol. The van der Waals surface area contributed by atoms with Gasteiger partial charge in [-0.1, -0.05) is 0 Å². The molecule has 20 heavy (non-hydrogen) atoms. The molecule has 1 aliphatic rings. The third kappa shape index (κ3) is 4.37. The van der Waals surface area contributed by atoms with E-state index in [1.807, 2.05) is 18.2 Å². The number of hydrogen-bond donors (Lipinski definition) is 2. The molecule has 1 aliphatic heterocycles. The Balaban J connectivity index is 0.00000200. The summed E-state index contributed by atoms with van der Waals surface area (Å²) in [6.45, 7) is 1.10. The molecule has 0 aliphatic carbocycles. The third-order valence-corrected chi connectivity index (χ3v) is 3.20. The number of carbonyl (C=O) groups is 1. The predicted molar refractivity (Wildman–Crippen MR) is 80.6 cm³/mol. The number of fused-ring (bicyclic) bond motifs is 1. The van der Waals surface area contributed by atoms with Crippen molar-refractivity contribution in [1.82, 2.24) is 0 Å². The highest BCUT2D eigenvalue weighted by molar-refractivity contribution is 5.91. The number of nitrogens with two attached hydrogens (primary N) is 1. The van der Waals surface area contributed by atoms with Crippen molar-refractivity contribution in [3.63, 3.8) is 0 Å². The van der Waals surface area contributed by atoms with Crippen LogP contribution in [0.15, 0.2) is 18.2 Å². The van der Waals surface area contributed by atoms with Crippen molar-refractivity contribution < 1.29 is 14.3 Å². The van der Waals surface area contributed by atoms with Gasteiger partial charge in [0.25, 0.3) is 0 Å². The van der Waals surface area contributed by atoms with E-state index in [4.69, 9.17) is 15.2 Å². The van der Waals surface area contributed by atoms with Gasteiger partial charge in [0.2, 0.25) is 5.91 Å². The molecule has 1 heterocycles. The summed E-state index contributed by atoms with van der Waals surface area (Å²) in [5.74, 6) is 0.829. The van der Waals surface area contributed by atoms with Crippen molar-refractivity contribution in [1.29, 1.82) is 0 Å². The quantitative estimate of drug-likeness (QED) is 0.868. The Bertz CT molecular complexity index is 450. The molecule has 0 aromatic heterocycles. The van der Waals surface area contributed by atoms with Gasteiger partial charge < -0.3 is 20.5 Å². The van der Waals surface area contributed by atoms with E-state index in [0.29, 0.717) is 6.54 Å². The zero-order valence-electron chi connectivity index (χ0n) is 11.6. The molecule has 0 saturated carbocycles. The van der Waals surface area contributed by atoms with Crippen molar-refractivity contribution in [3.05, 3.63) is 23.8 Å². The molecule has 5 nitrogen and oxygen atoms in total. The van der Waals surface area contributed by atoms with E-state index in [0.717, 1.165) is 36.4 Å². The first-order valence-electron chi connectivity index (χ1n) is 6.51. The zero-order chi connectivity index (χ0) is 13.7. The zero-order valence-corrected chi connectivity index (χ0v) is 12.4. The number of rotatable bonds is 5. The highest BCUT2D eigenvalue weighted by Crippen LogP contribution is 2.27. The molecular weight excluding hydrogens is 280 g/mol. The number of amides is 1. The Morgan fingerprint density at radius 3 is 3.05 bits per heavy atom. The molecule has 0 radical (unpaired) electrons. The minimum Gasteiger partial charge on any atom is -0.493 e. The van der Waals surface area contributed by atoms with Crippen LogP contribution in [0.3, 0.4) is 0 Å². The molecule has 1 unspecified atom stereocenters. The molecule has 1 aromatic rings. The van der Waals surface area contributed by atoms with E-state index in [1.165, 1.54) is 0 Å². The fraction of sp³-hybridized carbons (Fsp3) is 0.500. The van der Waals surface area contributed by atoms with E-state index in [9.17, 15) is 4.79 Å². The van der Waals surface area contributed by atoms with Crippen molar-refractivity contribution in [2.45, 2.75) is 25.4 Å². The molecular formula is C14H21ClN2O3. The van der Waals surface area contributed by atoms with Crippen LogP contribution in [0.5, 0.6) is 5.75 Å². The summed E-state index contributed by atoms with van der Waals surface area (Å²) < 4.78 is 10.6. The maximum Gasteiger partial charge on any atom is 0.227 e. The second-order valence-corrected chi connectivity index (χ2v) is 4.62. The number of halogens is 1. The average molecular weight is 301 g/mol. The van der Waals surface area contributed by atoms with Crippen LogP contribution in [-0.4, -0.2) is 32.3 Å². The third-order valence-electron chi connectivity index (χ3n) is 3.20. The number of nitrogens with one attached hydrogen (secondary N) is 1. The number of methoxy groups -OCH3 is 1. The molecule has 1 amide bonds. The van der Waals surface area contributed by atoms with Gasteiger partial charge in [0.15, 0.2) is 0 Å². The first-order valence-corrected chi connectivity index (χ1v) is 6.51. The Morgan fingerprint density at radius 2 is 2.35 bits per heavy atom. The molecule has 1 aromatic carbocycles. The lowest BCUT2D eigenvalue weighted by Crippen LogP contribution is -2.28. The van der Waals surface area contributed by atoms with Gasteiger partial charge in [-0.25, -0.2) is 0 Å². The molecule has 6 heteroatoms. The highest BCUT2D eigenvalue weighted by atomic mass is 35.5. The molecule has 2 rings (SSSR count). The summed E-state index contributed by atoms with van der Waals surface area (Å²) in [7, 11) is 1.56. The molecule has 0 saturated heterocycles. The SMILES string of the molecule is COC(CN)CC(=O)Nc1ccc2c(c1)CCCO2.Cl. The van der Waals surface area contributed by atoms with Crippen LogP contribution in [0.1, 0.15) is 18.4 Å². The van der Waals surface area contributed by atoms with Crippen molar-refractivity contribution in [2.75, 3.05) is 25.6 Å². The maximum atomic E-state index is 11.8. The van der Waals surface area contributed by atoms with Crippen LogP contribution in [0.25, 0.3) is 0 Å². The van der Waals surface area contributed by atoms with Gasteiger partial charge in [-0.05, 0) is 36.6 Å². The molecule has 1 atom stereocenters. The molecule has 112 valence electrons. The van der Waals surface area contributed by atoms with Gasteiger partial charge in [0, 0.05) is 19.3 Å². The molecule has 0 spiro atoms. The van der Waals surface area contributed by atoms with Gasteiger partial charge in [0.05, 0.1) is 19.1 Å². The van der Waals surface area contributed by atoms with Crippen LogP contribution < -0.4 is 15.8 Å². The predicted octanol–water partition coefficient (Wildman–Crippen LogP) is 1.74. The van der Waals surface area contributed by atoms with E-state index in [-0.39, 0.29) is 30.8 Å². The number of aryl methyl sites for hydroxylation is 1. The first-order chi connectivity index (χ1) is 9.22. The summed E-state index contributed by atoms with van der Waals surface area (Å²) in [6.07, 6.45) is 2.04. The topological polar surface area (TPSA) is 73.6 Å². The minimum atomic E-state index is -0.235. The van der Waals surface area contributed by atoms with Crippen molar-refractivity contribution >= 4 is 24.0 Å². The van der Waals surface area contributed by atoms with Gasteiger partial charge in [0.1, 0.15) is 5.75 Å². The van der Waals surface area contributed by atoms with E-state index in [2.05, 4.69) is 5.32 Å². The second-order valence-electron chi connectivity index (χ2n) is 4.62. The average Bonchev–Trinajstić information content (AvgIpc) is 2.44. The lowest BCUT2D eigenvalue weighted by Gasteiger charge is -2.18. The molecule has 3 N–H and O–H groups in total. The molecule has 0 fully saturated rings. The fourth-order valence-electron chi connectivity index (χ4n) is 2.12. The summed E-state index contributed by atoms with van der Waals surface area (Å²) in [5.41, 5.74) is 7.43. The highest BCUT2D eigenvalue weighted by Gasteiger charge is 2.14. The number of hydrogen-bond acceptors (Lipinski definition) is 4. The van der Waals surface area contributed by atoms with Crippen molar-refractivity contribution in [2.24, 2.45) is 5.73 Å². The second kappa shape index (κ2) is 8.09. The lowest BCUT2D eigenvalue weighted by molar-refractivity contribution is -0.118. The lowest BCUT2D eigenvalue weighted by atomic mass is 10.1. The summed E-state index contributed by atoms with van der Waals surface area (Å²) in [5, 5.41) is 2.86. The van der Waals surface area contributed by atoms with E-state index < -0.39 is 0 Å². The Hall–Kier alpha value is -1.30. The summed E-state index contributed by atoms with van der Waals surface area (Å²) >= 11 is 0. The van der Waals surface area contributed by atoms with Gasteiger partial charge >= 0.3 is 0 Å². The van der Waals surface area contributed by atoms with Gasteiger partial charge in [-0.3, -0.25) is 4.79 Å². The smallest absolute Gasteiger partial charge is 0.227 e. The minimum absolute atomic E-state index is 0. The van der Waals surface area contributed by atoms with E-state index >= 15 is 0 Å². The standard InChI is InChI=1S/C14H20N2O3.ClH/c1-18-12(9-15)8-14(17)16-11-4-5-13-10(7-11)3-2-6-19-13;/h4-5,7,12H,2-3,6,8-9,15H2,1H3,(H,16,17);1H. The Kier molecular flexibility index (Phi) is 6.78. The van der Waals surface area contributed by atoms with Crippen LogP contribution in [0, 0.1) is 0 Å². The Morgan fingerprint density at radius 1 is 1.55 bits per heavy atom. The number of carbonyl (C=O) groups excluding carboxylic acids is 1. The van der Waals surface area contributed by atoms with E-state index in [1.54, 1.807) is 7.11 Å². The first kappa shape index (κ1) is 16.8. The number of benzene rings is 1. The summed E-state index contributed by atoms with van der Waals surface area (Å²) in [4.78, 5) is 11.8. The number of anilines is 1. The largest absolute Gasteiger partial charge is 0.493 e. The fourth-order valence-corrected chi connectivity index (χ4v) is 2.12. The maximum absolute atomic E-state index is 11.8. The van der Waals surface area contributed by atoms with Crippen LogP contribution in [-0.2, 0) is 16.0 Å². The van der Waals surface area contributed by atoms with Gasteiger partial charge in [-0.2, -0.15) is 0 Å².